The van der Waals surface area contributed by atoms with Crippen LogP contribution in [0.25, 0.3) is 0 Å². The molecule has 2 rings (SSSR count). The summed E-state index contributed by atoms with van der Waals surface area (Å²) >= 11 is 1.83. The number of hydrogen-bond acceptors (Lipinski definition) is 3. The van der Waals surface area contributed by atoms with Crippen molar-refractivity contribution in [2.24, 2.45) is 12.8 Å². The fourth-order valence-corrected chi connectivity index (χ4v) is 3.45. The third-order valence-electron chi connectivity index (χ3n) is 3.66. The average Bonchev–Trinajstić information content (AvgIpc) is 2.85. The Morgan fingerprint density at radius 2 is 2.05 bits per heavy atom. The molecule has 0 aliphatic heterocycles. The van der Waals surface area contributed by atoms with Gasteiger partial charge in [-0.3, -0.25) is 4.68 Å². The molecule has 4 heteroatoms. The van der Waals surface area contributed by atoms with E-state index in [-0.39, 0.29) is 11.3 Å². The first-order valence-electron chi connectivity index (χ1n) is 6.99. The van der Waals surface area contributed by atoms with E-state index in [1.807, 2.05) is 29.7 Å². The Morgan fingerprint density at radius 3 is 2.60 bits per heavy atom. The van der Waals surface area contributed by atoms with Crippen molar-refractivity contribution < 1.29 is 0 Å². The van der Waals surface area contributed by atoms with Crippen LogP contribution in [0, 0.1) is 13.8 Å². The van der Waals surface area contributed by atoms with Gasteiger partial charge in [0.15, 0.2) is 0 Å². The van der Waals surface area contributed by atoms with Crippen molar-refractivity contribution in [3.8, 4) is 0 Å². The van der Waals surface area contributed by atoms with Gasteiger partial charge in [-0.1, -0.05) is 13.0 Å². The Labute approximate surface area is 125 Å². The van der Waals surface area contributed by atoms with E-state index < -0.39 is 0 Å². The molecule has 0 amide bonds. The summed E-state index contributed by atoms with van der Waals surface area (Å²) in [6.45, 7) is 6.42. The van der Waals surface area contributed by atoms with E-state index >= 15 is 0 Å². The lowest BCUT2D eigenvalue weighted by molar-refractivity contribution is 0.633. The quantitative estimate of drug-likeness (QED) is 0.855. The van der Waals surface area contributed by atoms with Crippen LogP contribution in [-0.2, 0) is 7.05 Å². The summed E-state index contributed by atoms with van der Waals surface area (Å²) in [5.74, 6) is 0. The second-order valence-corrected chi connectivity index (χ2v) is 6.52. The lowest BCUT2D eigenvalue weighted by Gasteiger charge is -2.21. The molecule has 1 heterocycles. The van der Waals surface area contributed by atoms with Crippen LogP contribution < -0.4 is 5.73 Å². The number of thioether (sulfide) groups is 1. The maximum atomic E-state index is 6.32. The second-order valence-electron chi connectivity index (χ2n) is 5.30. The van der Waals surface area contributed by atoms with Crippen LogP contribution in [0.1, 0.15) is 35.3 Å². The summed E-state index contributed by atoms with van der Waals surface area (Å²) in [7, 11) is 1.94. The predicted octanol–water partition coefficient (Wildman–Crippen LogP) is 3.61. The first kappa shape index (κ1) is 15.1. The smallest absolute Gasteiger partial charge is 0.0533 e. The topological polar surface area (TPSA) is 43.8 Å². The predicted molar refractivity (Wildman–Crippen MR) is 86.0 cm³/mol. The van der Waals surface area contributed by atoms with Gasteiger partial charge in [0.2, 0.25) is 0 Å². The Bertz CT molecular complexity index is 577. The zero-order valence-electron chi connectivity index (χ0n) is 12.6. The number of rotatable bonds is 5. The molecule has 2 aromatic rings. The van der Waals surface area contributed by atoms with E-state index in [0.717, 1.165) is 6.42 Å². The molecule has 0 saturated carbocycles. The van der Waals surface area contributed by atoms with E-state index in [2.05, 4.69) is 50.3 Å². The van der Waals surface area contributed by atoms with E-state index in [4.69, 9.17) is 5.73 Å². The molecular formula is C16H23N3S. The molecule has 3 nitrogen and oxygen atoms in total. The number of hydrogen-bond donors (Lipinski definition) is 1. The second kappa shape index (κ2) is 6.46. The zero-order valence-corrected chi connectivity index (χ0v) is 13.4. The van der Waals surface area contributed by atoms with Gasteiger partial charge in [0.05, 0.1) is 11.4 Å². The largest absolute Gasteiger partial charge is 0.326 e. The summed E-state index contributed by atoms with van der Waals surface area (Å²) in [6, 6.07) is 6.73. The maximum Gasteiger partial charge on any atom is 0.0533 e. The van der Waals surface area contributed by atoms with E-state index in [9.17, 15) is 0 Å². The molecule has 2 N–H and O–H groups in total. The van der Waals surface area contributed by atoms with Gasteiger partial charge in [-0.25, -0.2) is 0 Å². The van der Waals surface area contributed by atoms with Gasteiger partial charge >= 0.3 is 0 Å². The molecule has 108 valence electrons. The fraction of sp³-hybridized carbons (Fsp3) is 0.438. The van der Waals surface area contributed by atoms with Crippen molar-refractivity contribution in [2.45, 2.75) is 43.4 Å². The van der Waals surface area contributed by atoms with Crippen molar-refractivity contribution in [3.63, 3.8) is 0 Å². The molecule has 20 heavy (non-hydrogen) atoms. The molecule has 0 aliphatic rings. The van der Waals surface area contributed by atoms with E-state index in [1.54, 1.807) is 0 Å². The number of aromatic nitrogens is 2. The highest BCUT2D eigenvalue weighted by Crippen LogP contribution is 2.38. The first-order chi connectivity index (χ1) is 9.51. The van der Waals surface area contributed by atoms with E-state index in [0.29, 0.717) is 0 Å². The van der Waals surface area contributed by atoms with Gasteiger partial charge in [-0.15, -0.1) is 11.8 Å². The highest BCUT2D eigenvalue weighted by molar-refractivity contribution is 7.99. The molecule has 2 atom stereocenters. The van der Waals surface area contributed by atoms with Crippen LogP contribution in [0.3, 0.4) is 0 Å². The van der Waals surface area contributed by atoms with E-state index in [1.165, 1.54) is 21.6 Å². The number of nitrogens with zero attached hydrogens (tertiary/aromatic N) is 2. The van der Waals surface area contributed by atoms with Crippen LogP contribution in [0.2, 0.25) is 0 Å². The van der Waals surface area contributed by atoms with Crippen molar-refractivity contribution in [1.29, 1.82) is 0 Å². The normalized spacial score (nSPS) is 14.2. The summed E-state index contributed by atoms with van der Waals surface area (Å²) in [6.07, 6.45) is 4.94. The van der Waals surface area contributed by atoms with Gasteiger partial charge in [0.1, 0.15) is 0 Å². The minimum atomic E-state index is 0.130. The first-order valence-corrected chi connectivity index (χ1v) is 7.87. The Kier molecular flexibility index (Phi) is 4.89. The highest BCUT2D eigenvalue weighted by Gasteiger charge is 2.21. The molecule has 2 unspecified atom stereocenters. The molecule has 0 spiro atoms. The Hall–Kier alpha value is -1.26. The van der Waals surface area contributed by atoms with Crippen LogP contribution in [0.4, 0.5) is 0 Å². The Balaban J connectivity index is 2.25. The van der Waals surface area contributed by atoms with Crippen LogP contribution in [0.15, 0.2) is 35.5 Å². The minimum Gasteiger partial charge on any atom is -0.326 e. The maximum absolute atomic E-state index is 6.32. The highest BCUT2D eigenvalue weighted by atomic mass is 32.2. The van der Waals surface area contributed by atoms with Crippen LogP contribution in [0.5, 0.6) is 0 Å². The van der Waals surface area contributed by atoms with Crippen molar-refractivity contribution >= 4 is 11.8 Å². The third kappa shape index (κ3) is 3.44. The van der Waals surface area contributed by atoms with Crippen molar-refractivity contribution in [1.82, 2.24) is 9.78 Å². The molecule has 0 radical (unpaired) electrons. The minimum absolute atomic E-state index is 0.130. The van der Waals surface area contributed by atoms with Gasteiger partial charge < -0.3 is 5.73 Å². The van der Waals surface area contributed by atoms with Crippen LogP contribution >= 0.6 is 11.8 Å². The third-order valence-corrected chi connectivity index (χ3v) is 5.06. The lowest BCUT2D eigenvalue weighted by atomic mass is 10.1. The summed E-state index contributed by atoms with van der Waals surface area (Å²) in [4.78, 5) is 1.27. The number of aryl methyl sites for hydroxylation is 3. The SMILES string of the molecule is CCC(N)C(Sc1ccc(C)c(C)c1)c1cnn(C)c1. The molecular weight excluding hydrogens is 266 g/mol. The molecule has 1 aromatic carbocycles. The monoisotopic (exact) mass is 289 g/mol. The fourth-order valence-electron chi connectivity index (χ4n) is 2.14. The van der Waals surface area contributed by atoms with Gasteiger partial charge in [-0.05, 0) is 43.5 Å². The summed E-state index contributed by atoms with van der Waals surface area (Å²) < 4.78 is 1.84. The standard InChI is InChI=1S/C16H23N3S/c1-5-15(17)16(13-9-18-19(4)10-13)20-14-7-6-11(2)12(3)8-14/h6-10,15-16H,5,17H2,1-4H3. The van der Waals surface area contributed by atoms with Crippen LogP contribution in [-0.4, -0.2) is 15.8 Å². The molecule has 1 aromatic heterocycles. The summed E-state index contributed by atoms with van der Waals surface area (Å²) in [5, 5.41) is 4.52. The van der Waals surface area contributed by atoms with Crippen molar-refractivity contribution in [3.05, 3.63) is 47.3 Å². The molecule has 0 aliphatic carbocycles. The molecule has 0 saturated heterocycles. The average molecular weight is 289 g/mol. The van der Waals surface area contributed by atoms with Gasteiger partial charge in [0, 0.05) is 29.7 Å². The summed E-state index contributed by atoms with van der Waals surface area (Å²) in [5.41, 5.74) is 10.2. The Morgan fingerprint density at radius 1 is 1.30 bits per heavy atom. The van der Waals surface area contributed by atoms with Gasteiger partial charge in [-0.2, -0.15) is 5.10 Å². The zero-order chi connectivity index (χ0) is 14.7. The number of benzene rings is 1. The molecule has 0 fully saturated rings. The van der Waals surface area contributed by atoms with Gasteiger partial charge in [0.25, 0.3) is 0 Å². The lowest BCUT2D eigenvalue weighted by Crippen LogP contribution is -2.25. The molecule has 0 bridgehead atoms. The van der Waals surface area contributed by atoms with Crippen molar-refractivity contribution in [2.75, 3.05) is 0 Å². The number of nitrogens with two attached hydrogens (primary N) is 1.